The third-order valence-electron chi connectivity index (χ3n) is 3.71. The van der Waals surface area contributed by atoms with E-state index in [2.05, 4.69) is 16.5 Å². The Balaban J connectivity index is 1.56. The van der Waals surface area contributed by atoms with E-state index < -0.39 is 0 Å². The van der Waals surface area contributed by atoms with E-state index in [0.717, 1.165) is 17.7 Å². The minimum absolute atomic E-state index is 0.156. The van der Waals surface area contributed by atoms with Crippen LogP contribution in [0.1, 0.15) is 17.5 Å². The summed E-state index contributed by atoms with van der Waals surface area (Å²) in [4.78, 5) is 14.0. The Labute approximate surface area is 140 Å². The van der Waals surface area contributed by atoms with Crippen LogP contribution in [0.3, 0.4) is 0 Å². The molecule has 0 saturated carbocycles. The topological polar surface area (TPSA) is 38.1 Å². The Hall–Kier alpha value is -2.40. The smallest absolute Gasteiger partial charge is 0.222 e. The number of hydrogen-bond acceptors (Lipinski definition) is 3. The van der Waals surface area contributed by atoms with Gasteiger partial charge in [0.05, 0.1) is 11.9 Å². The van der Waals surface area contributed by atoms with Crippen molar-refractivity contribution in [3.8, 4) is 5.69 Å². The fraction of sp³-hybridized carbons (Fsp3) is 0.222. The van der Waals surface area contributed by atoms with Crippen LogP contribution in [0.15, 0.2) is 59.6 Å². The average molecular weight is 325 g/mol. The molecule has 5 heteroatoms. The van der Waals surface area contributed by atoms with Gasteiger partial charge in [0.15, 0.2) is 0 Å². The second kappa shape index (κ2) is 7.24. The van der Waals surface area contributed by atoms with E-state index in [-0.39, 0.29) is 5.91 Å². The van der Waals surface area contributed by atoms with Crippen LogP contribution in [0.5, 0.6) is 0 Å². The standard InChI is InChI=1S/C18H19N3OS/c1-20(18(22)8-7-15-9-10-23-14-15)12-16-11-19-21(13-16)17-5-3-2-4-6-17/h2-6,9-11,13-14H,7-8,12H2,1H3. The van der Waals surface area contributed by atoms with Crippen LogP contribution < -0.4 is 0 Å². The molecule has 0 fully saturated rings. The molecule has 2 aromatic heterocycles. The van der Waals surface area contributed by atoms with Crippen LogP contribution in [0.2, 0.25) is 0 Å². The fourth-order valence-electron chi connectivity index (χ4n) is 2.40. The molecule has 118 valence electrons. The van der Waals surface area contributed by atoms with E-state index in [1.165, 1.54) is 5.56 Å². The van der Waals surface area contributed by atoms with E-state index >= 15 is 0 Å². The first kappa shape index (κ1) is 15.5. The number of nitrogens with zero attached hydrogens (tertiary/aromatic N) is 3. The first-order chi connectivity index (χ1) is 11.2. The first-order valence-corrected chi connectivity index (χ1v) is 8.50. The second-order valence-electron chi connectivity index (χ2n) is 5.51. The summed E-state index contributed by atoms with van der Waals surface area (Å²) in [5, 5.41) is 8.50. The molecule has 0 saturated heterocycles. The number of amides is 1. The molecule has 0 radical (unpaired) electrons. The van der Waals surface area contributed by atoms with Crippen molar-refractivity contribution in [2.75, 3.05) is 7.05 Å². The Morgan fingerprint density at radius 1 is 1.22 bits per heavy atom. The van der Waals surface area contributed by atoms with Crippen LogP contribution in [0, 0.1) is 0 Å². The summed E-state index contributed by atoms with van der Waals surface area (Å²) >= 11 is 1.67. The molecule has 0 N–H and O–H groups in total. The predicted molar refractivity (Wildman–Crippen MR) is 92.7 cm³/mol. The summed E-state index contributed by atoms with van der Waals surface area (Å²) in [5.74, 6) is 0.156. The Morgan fingerprint density at radius 2 is 2.04 bits per heavy atom. The van der Waals surface area contributed by atoms with Gasteiger partial charge in [-0.2, -0.15) is 16.4 Å². The van der Waals surface area contributed by atoms with Crippen LogP contribution in [-0.4, -0.2) is 27.6 Å². The molecule has 1 amide bonds. The van der Waals surface area contributed by atoms with Crippen LogP contribution in [0.25, 0.3) is 5.69 Å². The van der Waals surface area contributed by atoms with Crippen LogP contribution in [-0.2, 0) is 17.8 Å². The monoisotopic (exact) mass is 325 g/mol. The number of para-hydroxylation sites is 1. The van der Waals surface area contributed by atoms with E-state index in [4.69, 9.17) is 0 Å². The summed E-state index contributed by atoms with van der Waals surface area (Å²) in [7, 11) is 1.84. The normalized spacial score (nSPS) is 10.7. The lowest BCUT2D eigenvalue weighted by Gasteiger charge is -2.15. The van der Waals surface area contributed by atoms with Crippen molar-refractivity contribution in [2.24, 2.45) is 0 Å². The van der Waals surface area contributed by atoms with Crippen molar-refractivity contribution in [3.05, 3.63) is 70.7 Å². The van der Waals surface area contributed by atoms with Crippen LogP contribution in [0.4, 0.5) is 0 Å². The maximum atomic E-state index is 12.2. The first-order valence-electron chi connectivity index (χ1n) is 7.56. The Morgan fingerprint density at radius 3 is 2.78 bits per heavy atom. The average Bonchev–Trinajstić information content (AvgIpc) is 3.25. The van der Waals surface area contributed by atoms with Crippen molar-refractivity contribution < 1.29 is 4.79 Å². The molecular weight excluding hydrogens is 306 g/mol. The number of hydrogen-bond donors (Lipinski definition) is 0. The number of aromatic nitrogens is 2. The van der Waals surface area contributed by atoms with Crippen molar-refractivity contribution in [3.63, 3.8) is 0 Å². The summed E-state index contributed by atoms with van der Waals surface area (Å²) < 4.78 is 1.83. The van der Waals surface area contributed by atoms with E-state index in [9.17, 15) is 4.79 Å². The second-order valence-corrected chi connectivity index (χ2v) is 6.29. The SMILES string of the molecule is CN(Cc1cnn(-c2ccccc2)c1)C(=O)CCc1ccsc1. The zero-order valence-corrected chi connectivity index (χ0v) is 13.9. The molecule has 0 bridgehead atoms. The quantitative estimate of drug-likeness (QED) is 0.695. The van der Waals surface area contributed by atoms with Gasteiger partial charge in [0, 0.05) is 31.8 Å². The molecule has 0 aliphatic rings. The molecule has 2 heterocycles. The molecule has 0 aliphatic carbocycles. The van der Waals surface area contributed by atoms with Gasteiger partial charge in [-0.15, -0.1) is 0 Å². The number of aryl methyl sites for hydroxylation is 1. The van der Waals surface area contributed by atoms with Crippen molar-refractivity contribution in [1.82, 2.24) is 14.7 Å². The third kappa shape index (κ3) is 4.07. The zero-order valence-electron chi connectivity index (χ0n) is 13.1. The highest BCUT2D eigenvalue weighted by Gasteiger charge is 2.11. The van der Waals surface area contributed by atoms with Gasteiger partial charge in [0.2, 0.25) is 5.91 Å². The summed E-state index contributed by atoms with van der Waals surface area (Å²) in [6.07, 6.45) is 5.13. The van der Waals surface area contributed by atoms with Crippen molar-refractivity contribution in [1.29, 1.82) is 0 Å². The highest BCUT2D eigenvalue weighted by Crippen LogP contribution is 2.12. The number of carbonyl (C=O) groups is 1. The number of rotatable bonds is 6. The summed E-state index contributed by atoms with van der Waals surface area (Å²) in [5.41, 5.74) is 3.28. The van der Waals surface area contributed by atoms with Gasteiger partial charge >= 0.3 is 0 Å². The zero-order chi connectivity index (χ0) is 16.1. The van der Waals surface area contributed by atoms with Gasteiger partial charge in [-0.25, -0.2) is 4.68 Å². The number of thiophene rings is 1. The van der Waals surface area contributed by atoms with Gasteiger partial charge in [0.25, 0.3) is 0 Å². The van der Waals surface area contributed by atoms with Crippen molar-refractivity contribution in [2.45, 2.75) is 19.4 Å². The van der Waals surface area contributed by atoms with Gasteiger partial charge in [-0.1, -0.05) is 18.2 Å². The highest BCUT2D eigenvalue weighted by molar-refractivity contribution is 7.07. The molecule has 1 aromatic carbocycles. The lowest BCUT2D eigenvalue weighted by atomic mass is 10.2. The summed E-state index contributed by atoms with van der Waals surface area (Å²) in [6.45, 7) is 0.579. The maximum absolute atomic E-state index is 12.2. The van der Waals surface area contributed by atoms with E-state index in [1.54, 1.807) is 16.2 Å². The lowest BCUT2D eigenvalue weighted by molar-refractivity contribution is -0.130. The number of carbonyl (C=O) groups excluding carboxylic acids is 1. The molecule has 3 aromatic rings. The molecule has 4 nitrogen and oxygen atoms in total. The fourth-order valence-corrected chi connectivity index (χ4v) is 3.11. The molecule has 23 heavy (non-hydrogen) atoms. The molecule has 0 aliphatic heterocycles. The summed E-state index contributed by atoms with van der Waals surface area (Å²) in [6, 6.07) is 12.0. The van der Waals surface area contributed by atoms with E-state index in [1.807, 2.05) is 59.8 Å². The lowest BCUT2D eigenvalue weighted by Crippen LogP contribution is -2.26. The molecule has 0 spiro atoms. The number of benzene rings is 1. The maximum Gasteiger partial charge on any atom is 0.222 e. The Bertz CT molecular complexity index is 750. The molecule has 3 rings (SSSR count). The Kier molecular flexibility index (Phi) is 4.88. The minimum Gasteiger partial charge on any atom is -0.341 e. The van der Waals surface area contributed by atoms with Crippen molar-refractivity contribution >= 4 is 17.2 Å². The molecule has 0 unspecified atom stereocenters. The van der Waals surface area contributed by atoms with Crippen LogP contribution >= 0.6 is 11.3 Å². The van der Waals surface area contributed by atoms with Gasteiger partial charge < -0.3 is 4.90 Å². The largest absolute Gasteiger partial charge is 0.341 e. The highest BCUT2D eigenvalue weighted by atomic mass is 32.1. The van der Waals surface area contributed by atoms with Gasteiger partial charge in [-0.05, 0) is 40.9 Å². The molecular formula is C18H19N3OS. The van der Waals surface area contributed by atoms with Gasteiger partial charge in [0.1, 0.15) is 0 Å². The predicted octanol–water partition coefficient (Wildman–Crippen LogP) is 3.53. The minimum atomic E-state index is 0.156. The third-order valence-corrected chi connectivity index (χ3v) is 4.44. The molecule has 0 atom stereocenters. The van der Waals surface area contributed by atoms with Gasteiger partial charge in [-0.3, -0.25) is 4.79 Å². The van der Waals surface area contributed by atoms with E-state index in [0.29, 0.717) is 13.0 Å².